The van der Waals surface area contributed by atoms with Crippen LogP contribution in [0.1, 0.15) is 27.2 Å². The van der Waals surface area contributed by atoms with E-state index in [-0.39, 0.29) is 0 Å². The Hall–Kier alpha value is -1.25. The first-order valence-corrected chi connectivity index (χ1v) is 5.11. The molecule has 0 radical (unpaired) electrons. The lowest BCUT2D eigenvalue weighted by atomic mass is 10.0. The maximum Gasteiger partial charge on any atom is 0.0736 e. The summed E-state index contributed by atoms with van der Waals surface area (Å²) >= 11 is 0. The first-order valence-electron chi connectivity index (χ1n) is 5.11. The molecule has 1 unspecified atom stereocenters. The van der Waals surface area contributed by atoms with Crippen molar-refractivity contribution in [2.45, 2.75) is 33.2 Å². The summed E-state index contributed by atoms with van der Waals surface area (Å²) in [5.41, 5.74) is 7.50. The van der Waals surface area contributed by atoms with Crippen LogP contribution in [0.15, 0.2) is 18.5 Å². The van der Waals surface area contributed by atoms with Gasteiger partial charge >= 0.3 is 0 Å². The fourth-order valence-electron chi connectivity index (χ4n) is 1.48. The van der Waals surface area contributed by atoms with Crippen LogP contribution in [0.5, 0.6) is 0 Å². The van der Waals surface area contributed by atoms with Gasteiger partial charge < -0.3 is 11.1 Å². The highest BCUT2D eigenvalue weighted by molar-refractivity contribution is 5.64. The predicted octanol–water partition coefficient (Wildman–Crippen LogP) is 2.51. The fraction of sp³-hybridized carbons (Fsp3) is 0.545. The van der Waals surface area contributed by atoms with E-state index in [1.165, 1.54) is 0 Å². The normalized spacial score (nSPS) is 12.9. The molecule has 0 aromatic carbocycles. The molecule has 1 atom stereocenters. The minimum absolute atomic E-state index is 0.472. The van der Waals surface area contributed by atoms with Crippen LogP contribution in [0.2, 0.25) is 0 Å². The Bertz CT molecular complexity index is 284. The van der Waals surface area contributed by atoms with Gasteiger partial charge in [-0.15, -0.1) is 0 Å². The van der Waals surface area contributed by atoms with Crippen molar-refractivity contribution in [3.05, 3.63) is 18.5 Å². The lowest BCUT2D eigenvalue weighted by Gasteiger charge is -2.22. The number of aromatic nitrogens is 1. The van der Waals surface area contributed by atoms with Crippen molar-refractivity contribution in [2.24, 2.45) is 5.92 Å². The second kappa shape index (κ2) is 4.84. The van der Waals surface area contributed by atoms with E-state index >= 15 is 0 Å². The zero-order valence-corrected chi connectivity index (χ0v) is 9.12. The molecule has 0 amide bonds. The quantitative estimate of drug-likeness (QED) is 0.772. The lowest BCUT2D eigenvalue weighted by molar-refractivity contribution is 0.511. The van der Waals surface area contributed by atoms with Crippen LogP contribution in [0.4, 0.5) is 11.4 Å². The summed E-state index contributed by atoms with van der Waals surface area (Å²) < 4.78 is 0. The highest BCUT2D eigenvalue weighted by atomic mass is 14.9. The second-order valence-corrected chi connectivity index (χ2v) is 3.87. The summed E-state index contributed by atoms with van der Waals surface area (Å²) in [4.78, 5) is 3.96. The average molecular weight is 193 g/mol. The van der Waals surface area contributed by atoms with E-state index in [0.29, 0.717) is 17.6 Å². The molecule has 14 heavy (non-hydrogen) atoms. The Morgan fingerprint density at radius 1 is 1.50 bits per heavy atom. The van der Waals surface area contributed by atoms with Crippen LogP contribution in [0.3, 0.4) is 0 Å². The fourth-order valence-corrected chi connectivity index (χ4v) is 1.48. The molecule has 0 saturated heterocycles. The van der Waals surface area contributed by atoms with Gasteiger partial charge in [0.2, 0.25) is 0 Å². The third kappa shape index (κ3) is 2.62. The largest absolute Gasteiger partial charge is 0.396 e. The van der Waals surface area contributed by atoms with E-state index in [0.717, 1.165) is 12.1 Å². The zero-order chi connectivity index (χ0) is 10.6. The van der Waals surface area contributed by atoms with Crippen molar-refractivity contribution in [2.75, 3.05) is 11.1 Å². The number of pyridine rings is 1. The maximum absolute atomic E-state index is 5.80. The van der Waals surface area contributed by atoms with E-state index in [9.17, 15) is 0 Å². The van der Waals surface area contributed by atoms with Gasteiger partial charge in [0.15, 0.2) is 0 Å². The number of rotatable bonds is 4. The summed E-state index contributed by atoms with van der Waals surface area (Å²) in [5.74, 6) is 0.604. The van der Waals surface area contributed by atoms with Crippen LogP contribution in [0.25, 0.3) is 0 Å². The van der Waals surface area contributed by atoms with E-state index in [1.54, 1.807) is 12.4 Å². The molecule has 0 aliphatic heterocycles. The third-order valence-electron chi connectivity index (χ3n) is 2.44. The molecular formula is C11H19N3. The smallest absolute Gasteiger partial charge is 0.0736 e. The van der Waals surface area contributed by atoms with Crippen molar-refractivity contribution < 1.29 is 0 Å². The van der Waals surface area contributed by atoms with Crippen LogP contribution in [-0.2, 0) is 0 Å². The van der Waals surface area contributed by atoms with Gasteiger partial charge in [0.25, 0.3) is 0 Å². The number of nitrogens with one attached hydrogen (secondary N) is 1. The molecule has 1 heterocycles. The van der Waals surface area contributed by atoms with Crippen molar-refractivity contribution in [3.8, 4) is 0 Å². The SMILES string of the molecule is CCC(Nc1ccncc1N)C(C)C. The minimum Gasteiger partial charge on any atom is -0.396 e. The van der Waals surface area contributed by atoms with Gasteiger partial charge in [0.1, 0.15) is 0 Å². The van der Waals surface area contributed by atoms with Crippen LogP contribution in [0, 0.1) is 5.92 Å². The molecular weight excluding hydrogens is 174 g/mol. The topological polar surface area (TPSA) is 50.9 Å². The van der Waals surface area contributed by atoms with Crippen LogP contribution < -0.4 is 11.1 Å². The summed E-state index contributed by atoms with van der Waals surface area (Å²) in [7, 11) is 0. The molecule has 0 bridgehead atoms. The molecule has 0 spiro atoms. The lowest BCUT2D eigenvalue weighted by Crippen LogP contribution is -2.25. The van der Waals surface area contributed by atoms with E-state index < -0.39 is 0 Å². The Balaban J connectivity index is 2.72. The number of hydrogen-bond acceptors (Lipinski definition) is 3. The van der Waals surface area contributed by atoms with Gasteiger partial charge in [-0.1, -0.05) is 20.8 Å². The Labute approximate surface area is 85.7 Å². The summed E-state index contributed by atoms with van der Waals surface area (Å²) in [6.45, 7) is 6.59. The molecule has 3 N–H and O–H groups in total. The summed E-state index contributed by atoms with van der Waals surface area (Å²) in [6.07, 6.45) is 4.53. The number of nitrogen functional groups attached to an aromatic ring is 1. The predicted molar refractivity (Wildman–Crippen MR) is 61.2 cm³/mol. The van der Waals surface area contributed by atoms with E-state index in [4.69, 9.17) is 5.73 Å². The molecule has 0 saturated carbocycles. The summed E-state index contributed by atoms with van der Waals surface area (Å²) in [6, 6.07) is 2.39. The van der Waals surface area contributed by atoms with Gasteiger partial charge in [0.05, 0.1) is 17.6 Å². The molecule has 3 heteroatoms. The number of nitrogens with zero attached hydrogens (tertiary/aromatic N) is 1. The highest BCUT2D eigenvalue weighted by Gasteiger charge is 2.11. The average Bonchev–Trinajstić information content (AvgIpc) is 2.16. The molecule has 3 nitrogen and oxygen atoms in total. The summed E-state index contributed by atoms with van der Waals surface area (Å²) in [5, 5.41) is 3.43. The highest BCUT2D eigenvalue weighted by Crippen LogP contribution is 2.19. The standard InChI is InChI=1S/C11H19N3/c1-4-10(8(2)3)14-11-5-6-13-7-9(11)12/h5-8,10H,4,12H2,1-3H3,(H,13,14). The number of nitrogens with two attached hydrogens (primary N) is 1. The molecule has 1 aromatic heterocycles. The minimum atomic E-state index is 0.472. The Morgan fingerprint density at radius 3 is 2.71 bits per heavy atom. The van der Waals surface area contributed by atoms with Gasteiger partial charge in [-0.2, -0.15) is 0 Å². The van der Waals surface area contributed by atoms with Gasteiger partial charge in [0, 0.05) is 12.2 Å². The van der Waals surface area contributed by atoms with E-state index in [1.807, 2.05) is 6.07 Å². The van der Waals surface area contributed by atoms with Crippen LogP contribution >= 0.6 is 0 Å². The Kier molecular flexibility index (Phi) is 3.74. The first-order chi connectivity index (χ1) is 6.65. The molecule has 78 valence electrons. The number of hydrogen-bond donors (Lipinski definition) is 2. The van der Waals surface area contributed by atoms with Gasteiger partial charge in [-0.3, -0.25) is 4.98 Å². The molecule has 1 aromatic rings. The zero-order valence-electron chi connectivity index (χ0n) is 9.12. The molecule has 0 aliphatic carbocycles. The maximum atomic E-state index is 5.80. The van der Waals surface area contributed by atoms with Crippen molar-refractivity contribution in [1.82, 2.24) is 4.98 Å². The second-order valence-electron chi connectivity index (χ2n) is 3.87. The monoisotopic (exact) mass is 193 g/mol. The van der Waals surface area contributed by atoms with Crippen molar-refractivity contribution in [3.63, 3.8) is 0 Å². The van der Waals surface area contributed by atoms with Crippen molar-refractivity contribution >= 4 is 11.4 Å². The van der Waals surface area contributed by atoms with Crippen molar-refractivity contribution in [1.29, 1.82) is 0 Å². The molecule has 1 rings (SSSR count). The molecule has 0 aliphatic rings. The first kappa shape index (κ1) is 10.8. The van der Waals surface area contributed by atoms with Crippen LogP contribution in [-0.4, -0.2) is 11.0 Å². The third-order valence-corrected chi connectivity index (χ3v) is 2.44. The number of anilines is 2. The molecule has 0 fully saturated rings. The van der Waals surface area contributed by atoms with Gasteiger partial charge in [-0.05, 0) is 18.4 Å². The van der Waals surface area contributed by atoms with E-state index in [2.05, 4.69) is 31.1 Å². The van der Waals surface area contributed by atoms with Gasteiger partial charge in [-0.25, -0.2) is 0 Å². The Morgan fingerprint density at radius 2 is 2.21 bits per heavy atom.